The molecule has 3 rings (SSSR count). The Bertz CT molecular complexity index is 1010. The third-order valence-corrected chi connectivity index (χ3v) is 4.93. The van der Waals surface area contributed by atoms with Gasteiger partial charge in [-0.15, -0.1) is 0 Å². The van der Waals surface area contributed by atoms with Crippen molar-refractivity contribution in [2.45, 2.75) is 32.9 Å². The van der Waals surface area contributed by atoms with Gasteiger partial charge >= 0.3 is 0 Å². The predicted octanol–water partition coefficient (Wildman–Crippen LogP) is 4.19. The van der Waals surface area contributed by atoms with E-state index in [1.165, 1.54) is 5.56 Å². The van der Waals surface area contributed by atoms with Crippen LogP contribution in [-0.4, -0.2) is 27.8 Å². The number of carbonyl (C=O) groups excluding carboxylic acids is 1. The molecule has 3 aromatic rings. The fourth-order valence-corrected chi connectivity index (χ4v) is 3.30. The predicted molar refractivity (Wildman–Crippen MR) is 112 cm³/mol. The zero-order valence-corrected chi connectivity index (χ0v) is 17.0. The van der Waals surface area contributed by atoms with Gasteiger partial charge in [0.2, 0.25) is 5.91 Å². The molecule has 0 aliphatic carbocycles. The van der Waals surface area contributed by atoms with Crippen molar-refractivity contribution in [3.63, 3.8) is 0 Å². The molecule has 2 N–H and O–H groups in total. The number of aryl methyl sites for hydroxylation is 1. The summed E-state index contributed by atoms with van der Waals surface area (Å²) in [6.45, 7) is 4.42. The number of H-pyrrole nitrogens is 1. The lowest BCUT2D eigenvalue weighted by molar-refractivity contribution is -0.121. The van der Waals surface area contributed by atoms with Crippen LogP contribution in [0, 0.1) is 11.7 Å². The summed E-state index contributed by atoms with van der Waals surface area (Å²) >= 11 is 5.34. The SMILES string of the molecule is COc1ccccc1C(C)NC(=O)CCn1c(-c2ccc(C)cc2)n[nH]c1=S. The molecule has 28 heavy (non-hydrogen) atoms. The second-order valence-electron chi connectivity index (χ2n) is 6.65. The Morgan fingerprint density at radius 3 is 2.68 bits per heavy atom. The van der Waals surface area contributed by atoms with Crippen molar-refractivity contribution in [2.75, 3.05) is 7.11 Å². The van der Waals surface area contributed by atoms with Gasteiger partial charge in [-0.1, -0.05) is 48.0 Å². The highest BCUT2D eigenvalue weighted by molar-refractivity contribution is 7.71. The number of benzene rings is 2. The highest BCUT2D eigenvalue weighted by Crippen LogP contribution is 2.24. The van der Waals surface area contributed by atoms with E-state index in [4.69, 9.17) is 17.0 Å². The van der Waals surface area contributed by atoms with Crippen molar-refractivity contribution in [3.05, 3.63) is 64.4 Å². The minimum Gasteiger partial charge on any atom is -0.496 e. The van der Waals surface area contributed by atoms with Gasteiger partial charge in [0, 0.05) is 24.1 Å². The molecule has 0 saturated carbocycles. The summed E-state index contributed by atoms with van der Waals surface area (Å²) in [5.41, 5.74) is 3.08. The minimum absolute atomic E-state index is 0.0589. The first-order valence-corrected chi connectivity index (χ1v) is 9.55. The molecule has 0 aliphatic rings. The van der Waals surface area contributed by atoms with Crippen molar-refractivity contribution in [3.8, 4) is 17.1 Å². The number of methoxy groups -OCH3 is 1. The van der Waals surface area contributed by atoms with Crippen molar-refractivity contribution in [1.29, 1.82) is 0 Å². The molecular formula is C21H24N4O2S. The fraction of sp³-hybridized carbons (Fsp3) is 0.286. The number of para-hydroxylation sites is 1. The molecular weight excluding hydrogens is 372 g/mol. The molecule has 0 saturated heterocycles. The Hall–Kier alpha value is -2.93. The summed E-state index contributed by atoms with van der Waals surface area (Å²) in [6, 6.07) is 15.6. The zero-order valence-electron chi connectivity index (χ0n) is 16.2. The highest BCUT2D eigenvalue weighted by Gasteiger charge is 2.15. The average Bonchev–Trinajstić information content (AvgIpc) is 3.07. The maximum Gasteiger partial charge on any atom is 0.222 e. The highest BCUT2D eigenvalue weighted by atomic mass is 32.1. The number of hydrogen-bond donors (Lipinski definition) is 2. The summed E-state index contributed by atoms with van der Waals surface area (Å²) in [5, 5.41) is 10.2. The number of nitrogens with zero attached hydrogens (tertiary/aromatic N) is 2. The van der Waals surface area contributed by atoms with Gasteiger partial charge in [0.05, 0.1) is 13.2 Å². The van der Waals surface area contributed by atoms with Gasteiger partial charge in [-0.2, -0.15) is 5.10 Å². The van der Waals surface area contributed by atoms with Gasteiger partial charge < -0.3 is 10.1 Å². The first-order valence-electron chi connectivity index (χ1n) is 9.14. The lowest BCUT2D eigenvalue weighted by Gasteiger charge is -2.17. The molecule has 1 atom stereocenters. The largest absolute Gasteiger partial charge is 0.496 e. The summed E-state index contributed by atoms with van der Waals surface area (Å²) in [7, 11) is 1.63. The molecule has 146 valence electrons. The van der Waals surface area contributed by atoms with E-state index in [1.54, 1.807) is 7.11 Å². The van der Waals surface area contributed by atoms with Gasteiger partial charge in [0.15, 0.2) is 10.6 Å². The van der Waals surface area contributed by atoms with Crippen LogP contribution in [0.1, 0.15) is 30.5 Å². The first kappa shape index (κ1) is 19.8. The van der Waals surface area contributed by atoms with E-state index >= 15 is 0 Å². The Labute approximate surface area is 169 Å². The van der Waals surface area contributed by atoms with Crippen LogP contribution in [-0.2, 0) is 11.3 Å². The van der Waals surface area contributed by atoms with Gasteiger partial charge in [-0.25, -0.2) is 0 Å². The fourth-order valence-electron chi connectivity index (χ4n) is 3.08. The zero-order chi connectivity index (χ0) is 20.1. The smallest absolute Gasteiger partial charge is 0.222 e. The molecule has 0 fully saturated rings. The number of rotatable bonds is 7. The number of carbonyl (C=O) groups is 1. The van der Waals surface area contributed by atoms with Crippen molar-refractivity contribution >= 4 is 18.1 Å². The summed E-state index contributed by atoms with van der Waals surface area (Å²) in [4.78, 5) is 12.5. The summed E-state index contributed by atoms with van der Waals surface area (Å²) in [6.07, 6.45) is 0.298. The number of ether oxygens (including phenoxy) is 1. The van der Waals surface area contributed by atoms with Crippen molar-refractivity contribution in [2.24, 2.45) is 0 Å². The lowest BCUT2D eigenvalue weighted by atomic mass is 10.1. The minimum atomic E-state index is -0.155. The van der Waals surface area contributed by atoms with Crippen LogP contribution in [0.4, 0.5) is 0 Å². The van der Waals surface area contributed by atoms with Gasteiger partial charge in [-0.05, 0) is 32.1 Å². The third-order valence-electron chi connectivity index (χ3n) is 4.61. The lowest BCUT2D eigenvalue weighted by Crippen LogP contribution is -2.27. The van der Waals surface area contributed by atoms with Gasteiger partial charge in [-0.3, -0.25) is 14.5 Å². The van der Waals surface area contributed by atoms with E-state index in [1.807, 2.05) is 66.9 Å². The molecule has 0 spiro atoms. The average molecular weight is 397 g/mol. The first-order chi connectivity index (χ1) is 13.5. The van der Waals surface area contributed by atoms with Crippen molar-refractivity contribution in [1.82, 2.24) is 20.1 Å². The summed E-state index contributed by atoms with van der Waals surface area (Å²) < 4.78 is 7.73. The van der Waals surface area contributed by atoms with E-state index in [2.05, 4.69) is 15.5 Å². The van der Waals surface area contributed by atoms with E-state index in [0.29, 0.717) is 17.7 Å². The second kappa shape index (κ2) is 8.84. The van der Waals surface area contributed by atoms with Gasteiger partial charge in [0.25, 0.3) is 0 Å². The Morgan fingerprint density at radius 1 is 1.25 bits per heavy atom. The molecule has 1 unspecified atom stereocenters. The molecule has 7 heteroatoms. The van der Waals surface area contributed by atoms with Crippen LogP contribution in [0.25, 0.3) is 11.4 Å². The van der Waals surface area contributed by atoms with E-state index < -0.39 is 0 Å². The van der Waals surface area contributed by atoms with E-state index in [9.17, 15) is 4.79 Å². The molecule has 0 aliphatic heterocycles. The van der Waals surface area contributed by atoms with Crippen LogP contribution < -0.4 is 10.1 Å². The Kier molecular flexibility index (Phi) is 6.26. The maximum absolute atomic E-state index is 12.5. The van der Waals surface area contributed by atoms with Crippen LogP contribution in [0.5, 0.6) is 5.75 Å². The van der Waals surface area contributed by atoms with Gasteiger partial charge in [0.1, 0.15) is 5.75 Å². The number of aromatic nitrogens is 3. The molecule has 0 bridgehead atoms. The van der Waals surface area contributed by atoms with E-state index in [-0.39, 0.29) is 11.9 Å². The normalized spacial score (nSPS) is 11.8. The number of amides is 1. The summed E-state index contributed by atoms with van der Waals surface area (Å²) in [5.74, 6) is 1.43. The van der Waals surface area contributed by atoms with Crippen molar-refractivity contribution < 1.29 is 9.53 Å². The van der Waals surface area contributed by atoms with Crippen LogP contribution in [0.2, 0.25) is 0 Å². The van der Waals surface area contributed by atoms with Crippen LogP contribution >= 0.6 is 12.2 Å². The number of nitrogens with one attached hydrogen (secondary N) is 2. The topological polar surface area (TPSA) is 71.9 Å². The Balaban J connectivity index is 1.67. The molecule has 1 amide bonds. The molecule has 0 radical (unpaired) electrons. The molecule has 1 heterocycles. The third kappa shape index (κ3) is 4.48. The number of aromatic amines is 1. The molecule has 6 nitrogen and oxygen atoms in total. The quantitative estimate of drug-likeness (QED) is 0.588. The molecule has 1 aromatic heterocycles. The number of hydrogen-bond acceptors (Lipinski definition) is 4. The Morgan fingerprint density at radius 2 is 1.96 bits per heavy atom. The monoisotopic (exact) mass is 396 g/mol. The van der Waals surface area contributed by atoms with E-state index in [0.717, 1.165) is 22.7 Å². The van der Waals surface area contributed by atoms with Crippen LogP contribution in [0.3, 0.4) is 0 Å². The standard InChI is InChI=1S/C21H24N4O2S/c1-14-8-10-16(11-9-14)20-23-24-21(28)25(20)13-12-19(26)22-15(2)17-6-4-5-7-18(17)27-3/h4-11,15H,12-13H2,1-3H3,(H,22,26)(H,24,28). The molecule has 2 aromatic carbocycles. The maximum atomic E-state index is 12.5. The second-order valence-corrected chi connectivity index (χ2v) is 7.04. The van der Waals surface area contributed by atoms with Crippen LogP contribution in [0.15, 0.2) is 48.5 Å².